The molecule has 45 heteroatoms. The Morgan fingerprint density at radius 1 is 0.440 bits per heavy atom. The van der Waals surface area contributed by atoms with E-state index in [4.69, 9.17) is 28.3 Å². The number of benzene rings is 5. The molecule has 0 aliphatic heterocycles. The van der Waals surface area contributed by atoms with Crippen molar-refractivity contribution in [3.63, 3.8) is 0 Å². The molecule has 8 aromatic rings. The maximum Gasteiger partial charge on any atom is 0.474 e. The fourth-order valence-corrected chi connectivity index (χ4v) is 16.2. The van der Waals surface area contributed by atoms with Crippen LogP contribution in [0.2, 0.25) is 0 Å². The van der Waals surface area contributed by atoms with E-state index in [9.17, 15) is 107 Å². The molecular weight excluding hydrogens is 1660 g/mol. The number of hydrogen-bond donors (Lipinski definition) is 7. The quantitative estimate of drug-likeness (QED) is 0.0206. The minimum atomic E-state index is -5.26. The van der Waals surface area contributed by atoms with Crippen LogP contribution in [0.5, 0.6) is 17.6 Å². The molecule has 11 rings (SSSR count). The first-order valence-electron chi connectivity index (χ1n) is 34.4. The zero-order chi connectivity index (χ0) is 85.9. The molecule has 0 radical (unpaired) electrons. The Bertz CT molecular complexity index is 5230. The smallest absolute Gasteiger partial charge is 0.471 e. The number of nitrogens with one attached hydrogen (secondary N) is 4. The Morgan fingerprint density at radius 2 is 0.741 bits per heavy atom. The standard InChI is InChI=1S/C27H26F6N4O4S.C20H20F6N4O4S.C18H21F3N4O3S.C6H6O3S/c1-16(40-15-18-6-4-3-5-7-18)17(2)41-23-22(26(28,29)30)14-34-25(36-23)35-19-8-10-20(11-9-19)42(39,21-12-13-21)37-24(38)27(31,32)33;1-10(31)11(2)34-16-15(19(21,22)23)9-27-18(29-16)28-12-3-5-13(6-4-12)35(33,14-7-8-14)30-17(32)20(24,25)26;1-10(26)11(2)28-16-15(18(19,20)21)9-23-17(25-16)24-12-3-5-13(6-4-12)29(22,27)14-7-8-14;7-10(8,9)6-4-2-1-3-5-6/h3-11,14,16-17,21H,12-13,15H2,1-2H3,(H,34,35,36);3-6,9-11,14,31H,7-8H2,1-2H3,(H,27,28,29);3-6,9-11,14,22,26H,7-8H2,1-2H3,(H,23,24,25);1-5H,(H,7,8,9)/t16-,17-,42+;10-,11-,35+;10-,11-,29+;/m111./s1. The summed E-state index contributed by atoms with van der Waals surface area (Å²) in [7, 11) is -14.2. The third-order valence-corrected chi connectivity index (χ3v) is 25.5. The molecule has 3 aliphatic rings. The lowest BCUT2D eigenvalue weighted by molar-refractivity contribution is -0.169. The minimum absolute atomic E-state index is 0.0741. The average Bonchev–Trinajstić information content (AvgIpc) is 1.60. The summed E-state index contributed by atoms with van der Waals surface area (Å²) in [6.45, 7) is 8.91. The zero-order valence-electron chi connectivity index (χ0n) is 61.3. The minimum Gasteiger partial charge on any atom is -0.471 e. The van der Waals surface area contributed by atoms with Crippen molar-refractivity contribution in [1.82, 2.24) is 29.9 Å². The van der Waals surface area contributed by atoms with Crippen LogP contribution in [0.3, 0.4) is 0 Å². The van der Waals surface area contributed by atoms with Gasteiger partial charge in [0.05, 0.1) is 59.0 Å². The summed E-state index contributed by atoms with van der Waals surface area (Å²) in [5, 5.41) is 25.6. The number of nitrogens with zero attached hydrogens (tertiary/aromatic N) is 8. The van der Waals surface area contributed by atoms with Crippen LogP contribution in [0.1, 0.15) is 102 Å². The number of carbonyl (C=O) groups is 2. The van der Waals surface area contributed by atoms with E-state index < -0.39 is 163 Å². The van der Waals surface area contributed by atoms with Crippen molar-refractivity contribution in [3.8, 4) is 17.6 Å². The second-order valence-corrected chi connectivity index (χ2v) is 34.7. The van der Waals surface area contributed by atoms with Crippen molar-refractivity contribution < 1.29 is 130 Å². The Kier molecular flexibility index (Phi) is 29.3. The van der Waals surface area contributed by atoms with Crippen LogP contribution in [0.15, 0.2) is 180 Å². The van der Waals surface area contributed by atoms with Gasteiger partial charge < -0.3 is 45.1 Å². The van der Waals surface area contributed by atoms with Gasteiger partial charge in [-0.05, 0) is 171 Å². The summed E-state index contributed by atoms with van der Waals surface area (Å²) in [5.41, 5.74) is -1.87. The van der Waals surface area contributed by atoms with E-state index in [0.717, 1.165) is 18.4 Å². The van der Waals surface area contributed by atoms with Crippen molar-refractivity contribution in [2.75, 3.05) is 16.0 Å². The van der Waals surface area contributed by atoms with Crippen LogP contribution >= 0.6 is 0 Å². The molecule has 9 atom stereocenters. The third-order valence-electron chi connectivity index (χ3n) is 16.7. The first-order chi connectivity index (χ1) is 53.9. The van der Waals surface area contributed by atoms with Crippen molar-refractivity contribution in [2.45, 2.75) is 190 Å². The van der Waals surface area contributed by atoms with Crippen molar-refractivity contribution >= 4 is 86.0 Å². The van der Waals surface area contributed by atoms with E-state index in [1.165, 1.54) is 95.3 Å². The topological polar surface area (TPSA) is 379 Å². The predicted molar refractivity (Wildman–Crippen MR) is 389 cm³/mol. The molecule has 116 heavy (non-hydrogen) atoms. The lowest BCUT2D eigenvalue weighted by atomic mass is 10.2. The fourth-order valence-electron chi connectivity index (χ4n) is 9.43. The van der Waals surface area contributed by atoms with Crippen LogP contribution in [0.4, 0.5) is 101 Å². The summed E-state index contributed by atoms with van der Waals surface area (Å²) in [6, 6.07) is 32.9. The highest BCUT2D eigenvalue weighted by Gasteiger charge is 2.46. The number of rotatable bonds is 25. The zero-order valence-corrected chi connectivity index (χ0v) is 64.6. The lowest BCUT2D eigenvalue weighted by Crippen LogP contribution is -2.30. The SMILES string of the molecule is C[C@@H](O)[C@@H](C)Oc1nc(Nc2ccc([S@@](=O)(=NC(=O)C(F)(F)F)C3CC3)cc2)ncc1C(F)(F)F.C[C@@H](O)[C@@H](C)Oc1nc(Nc2ccc([S@](=N)(=O)C3CC3)cc2)ncc1C(F)(F)F.C[C@@H](OCc1ccccc1)[C@@H](C)Oc1nc(Nc2ccc([S@@](=O)(=NC(=O)C(F)(F)F)C3CC3)cc2)ncc1C(F)(F)F.O=S(=O)(O)c1ccccc1. The molecule has 0 saturated heterocycles. The first kappa shape index (κ1) is 91.6. The lowest BCUT2D eigenvalue weighted by Gasteiger charge is -2.23. The maximum atomic E-state index is 13.7. The van der Waals surface area contributed by atoms with Gasteiger partial charge in [0.25, 0.3) is 10.1 Å². The van der Waals surface area contributed by atoms with Crippen molar-refractivity contribution in [2.24, 2.45) is 8.73 Å². The van der Waals surface area contributed by atoms with Gasteiger partial charge in [0.15, 0.2) is 0 Å². The van der Waals surface area contributed by atoms with Crippen LogP contribution in [-0.2, 0) is 78.8 Å². The number of ether oxygens (including phenoxy) is 4. The molecule has 7 N–H and O–H groups in total. The molecule has 630 valence electrons. The number of hydrogen-bond acceptors (Lipinski definition) is 23. The van der Waals surface area contributed by atoms with E-state index in [0.29, 0.717) is 54.9 Å². The van der Waals surface area contributed by atoms with Crippen molar-refractivity contribution in [3.05, 3.63) is 174 Å². The summed E-state index contributed by atoms with van der Waals surface area (Å²) in [6.07, 6.45) is -25.7. The molecule has 0 bridgehead atoms. The number of anilines is 6. The molecule has 3 fully saturated rings. The number of amides is 2. The van der Waals surface area contributed by atoms with E-state index in [2.05, 4.69) is 54.6 Å². The molecule has 0 spiro atoms. The highest BCUT2D eigenvalue weighted by Crippen LogP contribution is 2.43. The predicted octanol–water partition coefficient (Wildman–Crippen LogP) is 16.0. The molecule has 0 unspecified atom stereocenters. The normalized spacial score (nSPS) is 17.0. The molecule has 3 aliphatic carbocycles. The second-order valence-electron chi connectivity index (χ2n) is 26.0. The Morgan fingerprint density at radius 3 is 1.02 bits per heavy atom. The van der Waals surface area contributed by atoms with Gasteiger partial charge in [-0.25, -0.2) is 32.4 Å². The summed E-state index contributed by atoms with van der Waals surface area (Å²) in [5.74, 6) is -7.82. The number of aromatic nitrogens is 6. The van der Waals surface area contributed by atoms with E-state index >= 15 is 0 Å². The molecule has 2 amide bonds. The fraction of sp³-hybridized carbons (Fsp3) is 0.380. The number of halogens is 15. The first-order valence-corrected chi connectivity index (χ1v) is 40.6. The molecule has 3 aromatic heterocycles. The van der Waals surface area contributed by atoms with Gasteiger partial charge in [0, 0.05) is 66.1 Å². The van der Waals surface area contributed by atoms with Gasteiger partial charge >= 0.3 is 42.7 Å². The van der Waals surface area contributed by atoms with Crippen LogP contribution in [0.25, 0.3) is 0 Å². The third kappa shape index (κ3) is 25.8. The van der Waals surface area contributed by atoms with Gasteiger partial charge in [-0.15, -0.1) is 8.73 Å². The van der Waals surface area contributed by atoms with Gasteiger partial charge in [-0.2, -0.15) is 89.2 Å². The summed E-state index contributed by atoms with van der Waals surface area (Å²) in [4.78, 5) is 45.3. The van der Waals surface area contributed by atoms with E-state index in [1.807, 2.05) is 30.3 Å². The summed E-state index contributed by atoms with van der Waals surface area (Å²) >= 11 is 0. The summed E-state index contributed by atoms with van der Waals surface area (Å²) < 4.78 is 300. The second kappa shape index (κ2) is 37.1. The van der Waals surface area contributed by atoms with E-state index in [-0.39, 0.29) is 55.8 Å². The van der Waals surface area contributed by atoms with Crippen LogP contribution in [-0.4, -0.2) is 142 Å². The average molecular weight is 1730 g/mol. The molecular formula is C71H73F15N12O14S4. The maximum absolute atomic E-state index is 13.7. The highest BCUT2D eigenvalue weighted by molar-refractivity contribution is 7.95. The van der Waals surface area contributed by atoms with Gasteiger partial charge in [-0.3, -0.25) is 14.1 Å². The number of alkyl halides is 15. The number of carbonyl (C=O) groups excluding carboxylic acids is 2. The van der Waals surface area contributed by atoms with Crippen molar-refractivity contribution in [1.29, 1.82) is 4.78 Å². The van der Waals surface area contributed by atoms with Gasteiger partial charge in [0.1, 0.15) is 35.0 Å². The Hall–Kier alpha value is -9.93. The molecule has 3 heterocycles. The van der Waals surface area contributed by atoms with Crippen LogP contribution in [0, 0.1) is 4.78 Å². The molecule has 3 saturated carbocycles. The monoisotopic (exact) mass is 1730 g/mol. The Labute approximate surface area is 653 Å². The molecule has 5 aromatic carbocycles. The van der Waals surface area contributed by atoms with Gasteiger partial charge in [-0.1, -0.05) is 48.5 Å². The Balaban J connectivity index is 0.000000207. The van der Waals surface area contributed by atoms with Gasteiger partial charge in [0.2, 0.25) is 35.5 Å². The largest absolute Gasteiger partial charge is 0.474 e. The highest BCUT2D eigenvalue weighted by atomic mass is 32.2. The van der Waals surface area contributed by atoms with Crippen LogP contribution < -0.4 is 30.2 Å². The number of aliphatic hydroxyl groups is 2. The number of aliphatic hydroxyl groups excluding tert-OH is 2. The molecule has 26 nitrogen and oxygen atoms in total. The van der Waals surface area contributed by atoms with E-state index in [1.54, 1.807) is 49.4 Å².